The van der Waals surface area contributed by atoms with Gasteiger partial charge in [0.25, 0.3) is 11.2 Å². The predicted octanol–water partition coefficient (Wildman–Crippen LogP) is 1.33. The average Bonchev–Trinajstić information content (AvgIpc) is 2.76. The zero-order valence-electron chi connectivity index (χ0n) is 10.4. The van der Waals surface area contributed by atoms with Gasteiger partial charge in [0.15, 0.2) is 11.2 Å². The van der Waals surface area contributed by atoms with Crippen LogP contribution in [0.5, 0.6) is 0 Å². The van der Waals surface area contributed by atoms with Crippen LogP contribution in [-0.4, -0.2) is 24.4 Å². The van der Waals surface area contributed by atoms with Gasteiger partial charge in [0.2, 0.25) is 0 Å². The average molecular weight is 271 g/mol. The lowest BCUT2D eigenvalue weighted by Gasteiger charge is -2.06. The fraction of sp³-hybridized carbons (Fsp3) is 0.0833. The van der Waals surface area contributed by atoms with Crippen molar-refractivity contribution in [2.75, 3.05) is 0 Å². The van der Waals surface area contributed by atoms with Crippen molar-refractivity contribution in [2.24, 2.45) is 0 Å². The third-order valence-electron chi connectivity index (χ3n) is 2.94. The Balaban J connectivity index is 2.45. The number of hydrogen-bond donors (Lipinski definition) is 1. The Morgan fingerprint density at radius 3 is 2.85 bits per heavy atom. The van der Waals surface area contributed by atoms with Crippen LogP contribution in [0.4, 0.5) is 5.69 Å². The van der Waals surface area contributed by atoms with Crippen LogP contribution in [0.15, 0.2) is 35.4 Å². The fourth-order valence-corrected chi connectivity index (χ4v) is 2.13. The van der Waals surface area contributed by atoms with Gasteiger partial charge < -0.3 is 4.98 Å². The molecule has 3 aromatic rings. The Morgan fingerprint density at radius 2 is 2.10 bits per heavy atom. The molecule has 0 saturated heterocycles. The topological polar surface area (TPSA) is 107 Å². The van der Waals surface area contributed by atoms with Gasteiger partial charge in [-0.15, -0.1) is 0 Å². The highest BCUT2D eigenvalue weighted by Crippen LogP contribution is 2.25. The summed E-state index contributed by atoms with van der Waals surface area (Å²) in [5, 5.41) is 11.1. The van der Waals surface area contributed by atoms with E-state index in [2.05, 4.69) is 15.0 Å². The summed E-state index contributed by atoms with van der Waals surface area (Å²) >= 11 is 0. The molecule has 100 valence electrons. The van der Waals surface area contributed by atoms with Gasteiger partial charge in [0.05, 0.1) is 11.3 Å². The maximum Gasteiger partial charge on any atom is 0.293 e. The van der Waals surface area contributed by atoms with Crippen LogP contribution in [0.25, 0.3) is 16.9 Å². The first-order chi connectivity index (χ1) is 9.59. The van der Waals surface area contributed by atoms with Gasteiger partial charge in [-0.2, -0.15) is 0 Å². The number of H-pyrrole nitrogens is 1. The fourth-order valence-electron chi connectivity index (χ4n) is 2.13. The third kappa shape index (κ3) is 1.66. The molecule has 0 saturated carbocycles. The second kappa shape index (κ2) is 4.26. The minimum absolute atomic E-state index is 0.0989. The highest BCUT2D eigenvalue weighted by molar-refractivity contribution is 5.74. The quantitative estimate of drug-likeness (QED) is 0.558. The summed E-state index contributed by atoms with van der Waals surface area (Å²) in [6.45, 7) is 1.66. The van der Waals surface area contributed by atoms with Crippen molar-refractivity contribution in [2.45, 2.75) is 6.92 Å². The number of imidazole rings is 1. The summed E-state index contributed by atoms with van der Waals surface area (Å²) in [7, 11) is 0. The summed E-state index contributed by atoms with van der Waals surface area (Å²) in [5.41, 5.74) is 0.242. The number of nitro benzene ring substituents is 1. The van der Waals surface area contributed by atoms with Crippen LogP contribution in [0, 0.1) is 17.0 Å². The van der Waals surface area contributed by atoms with Gasteiger partial charge in [-0.05, 0) is 13.0 Å². The van der Waals surface area contributed by atoms with E-state index in [-0.39, 0.29) is 22.5 Å². The molecule has 0 bridgehead atoms. The van der Waals surface area contributed by atoms with E-state index in [0.29, 0.717) is 5.82 Å². The number of nitro groups is 1. The number of benzene rings is 1. The van der Waals surface area contributed by atoms with Gasteiger partial charge in [-0.3, -0.25) is 19.5 Å². The maximum atomic E-state index is 11.9. The Kier molecular flexibility index (Phi) is 2.56. The minimum Gasteiger partial charge on any atom is -0.311 e. The lowest BCUT2D eigenvalue weighted by atomic mass is 10.2. The van der Waals surface area contributed by atoms with Crippen molar-refractivity contribution in [1.29, 1.82) is 0 Å². The molecule has 0 aliphatic rings. The minimum atomic E-state index is -0.495. The van der Waals surface area contributed by atoms with Crippen molar-refractivity contribution < 1.29 is 4.92 Å². The number of nitrogens with one attached hydrogen (secondary N) is 1. The van der Waals surface area contributed by atoms with Gasteiger partial charge in [0.1, 0.15) is 11.5 Å². The molecule has 2 aromatic heterocycles. The first-order valence-electron chi connectivity index (χ1n) is 5.76. The predicted molar refractivity (Wildman–Crippen MR) is 70.9 cm³/mol. The third-order valence-corrected chi connectivity index (χ3v) is 2.94. The molecule has 0 unspecified atom stereocenters. The molecule has 1 N–H and O–H groups in total. The number of rotatable bonds is 2. The number of aryl methyl sites for hydroxylation is 1. The van der Waals surface area contributed by atoms with Crippen LogP contribution in [-0.2, 0) is 0 Å². The van der Waals surface area contributed by atoms with Crippen molar-refractivity contribution in [1.82, 2.24) is 19.5 Å². The Bertz CT molecular complexity index is 880. The standard InChI is InChI=1S/C12H9N5O3/c1-7-15-11-10(12(18)14-6-13-11)16(7)8-4-2-3-5-9(8)17(19)20/h2-6H,1H3,(H,13,14,18). The zero-order chi connectivity index (χ0) is 14.3. The van der Waals surface area contributed by atoms with E-state index in [0.717, 1.165) is 0 Å². The van der Waals surface area contributed by atoms with Gasteiger partial charge >= 0.3 is 0 Å². The molecule has 0 aliphatic carbocycles. The van der Waals surface area contributed by atoms with E-state index in [4.69, 9.17) is 0 Å². The first kappa shape index (κ1) is 12.0. The number of hydrogen-bond acceptors (Lipinski definition) is 5. The second-order valence-electron chi connectivity index (χ2n) is 4.14. The van der Waals surface area contributed by atoms with E-state index in [1.165, 1.54) is 17.0 Å². The largest absolute Gasteiger partial charge is 0.311 e. The normalized spacial score (nSPS) is 10.8. The van der Waals surface area contributed by atoms with E-state index in [1.807, 2.05) is 0 Å². The number of aromatic amines is 1. The van der Waals surface area contributed by atoms with Crippen molar-refractivity contribution in [3.63, 3.8) is 0 Å². The lowest BCUT2D eigenvalue weighted by molar-refractivity contribution is -0.384. The molecule has 2 heterocycles. The maximum absolute atomic E-state index is 11.9. The molecule has 0 amide bonds. The summed E-state index contributed by atoms with van der Waals surface area (Å²) in [5.74, 6) is 0.457. The second-order valence-corrected chi connectivity index (χ2v) is 4.14. The van der Waals surface area contributed by atoms with E-state index >= 15 is 0 Å². The molecule has 0 radical (unpaired) electrons. The van der Waals surface area contributed by atoms with E-state index < -0.39 is 10.5 Å². The summed E-state index contributed by atoms with van der Waals surface area (Å²) in [4.78, 5) is 33.1. The molecule has 3 rings (SSSR count). The van der Waals surface area contributed by atoms with Crippen molar-refractivity contribution in [3.8, 4) is 5.69 Å². The summed E-state index contributed by atoms with van der Waals surface area (Å²) in [6.07, 6.45) is 1.25. The lowest BCUT2D eigenvalue weighted by Crippen LogP contribution is -2.12. The number of para-hydroxylation sites is 2. The first-order valence-corrected chi connectivity index (χ1v) is 5.76. The molecule has 0 spiro atoms. The Morgan fingerprint density at radius 1 is 1.35 bits per heavy atom. The molecular weight excluding hydrogens is 262 g/mol. The number of aromatic nitrogens is 4. The highest BCUT2D eigenvalue weighted by atomic mass is 16.6. The van der Waals surface area contributed by atoms with Crippen LogP contribution in [0.2, 0.25) is 0 Å². The van der Waals surface area contributed by atoms with Gasteiger partial charge in [0, 0.05) is 6.07 Å². The number of nitrogens with zero attached hydrogens (tertiary/aromatic N) is 4. The molecule has 8 heteroatoms. The zero-order valence-corrected chi connectivity index (χ0v) is 10.4. The summed E-state index contributed by atoms with van der Waals surface area (Å²) in [6, 6.07) is 6.18. The molecule has 0 atom stereocenters. The molecule has 20 heavy (non-hydrogen) atoms. The van der Waals surface area contributed by atoms with Gasteiger partial charge in [-0.25, -0.2) is 9.97 Å². The van der Waals surface area contributed by atoms with Crippen molar-refractivity contribution in [3.05, 3.63) is 56.9 Å². The van der Waals surface area contributed by atoms with Crippen LogP contribution < -0.4 is 5.56 Å². The van der Waals surface area contributed by atoms with Crippen LogP contribution >= 0.6 is 0 Å². The summed E-state index contributed by atoms with van der Waals surface area (Å²) < 4.78 is 1.44. The van der Waals surface area contributed by atoms with Crippen LogP contribution in [0.3, 0.4) is 0 Å². The molecular formula is C12H9N5O3. The SMILES string of the molecule is Cc1nc2nc[nH]c(=O)c2n1-c1ccccc1[N+](=O)[O-]. The van der Waals surface area contributed by atoms with Crippen LogP contribution in [0.1, 0.15) is 5.82 Å². The highest BCUT2D eigenvalue weighted by Gasteiger charge is 2.20. The van der Waals surface area contributed by atoms with E-state index in [1.54, 1.807) is 25.1 Å². The molecule has 1 aromatic carbocycles. The Labute approximate surface area is 111 Å². The smallest absolute Gasteiger partial charge is 0.293 e. The van der Waals surface area contributed by atoms with Crippen molar-refractivity contribution >= 4 is 16.9 Å². The van der Waals surface area contributed by atoms with E-state index in [9.17, 15) is 14.9 Å². The number of fused-ring (bicyclic) bond motifs is 1. The molecule has 8 nitrogen and oxygen atoms in total. The molecule has 0 aliphatic heterocycles. The molecule has 0 fully saturated rings. The Hall–Kier alpha value is -3.03. The monoisotopic (exact) mass is 271 g/mol. The van der Waals surface area contributed by atoms with Gasteiger partial charge in [-0.1, -0.05) is 12.1 Å².